The molecule has 1 fully saturated rings. The lowest BCUT2D eigenvalue weighted by Crippen LogP contribution is -2.27. The third-order valence-corrected chi connectivity index (χ3v) is 4.08. The summed E-state index contributed by atoms with van der Waals surface area (Å²) in [5.41, 5.74) is 0.533. The molecule has 0 N–H and O–H groups in total. The number of nitro benzene ring substituents is 1. The lowest BCUT2D eigenvalue weighted by molar-refractivity contribution is -0.384. The summed E-state index contributed by atoms with van der Waals surface area (Å²) < 4.78 is 5.22. The summed E-state index contributed by atoms with van der Waals surface area (Å²) in [4.78, 5) is 36.0. The molecule has 1 aliphatic heterocycles. The third-order valence-electron chi connectivity index (χ3n) is 3.84. The van der Waals surface area contributed by atoms with E-state index in [-0.39, 0.29) is 30.3 Å². The Balaban J connectivity index is 1.67. The van der Waals surface area contributed by atoms with E-state index in [0.717, 1.165) is 0 Å². The summed E-state index contributed by atoms with van der Waals surface area (Å²) in [6, 6.07) is 12.0. The Labute approximate surface area is 147 Å². The van der Waals surface area contributed by atoms with Gasteiger partial charge < -0.3 is 9.64 Å². The minimum Gasteiger partial charge on any atom is -0.426 e. The standard InChI is InChI=1S/C17H13ClN2O5/c18-12-2-1-3-14(9-12)19-10-11(8-16(19)21)17(22)25-15-6-4-13(5-7-15)20(23)24/h1-7,9,11H,8,10H2/t11-/m0/s1. The van der Waals surface area contributed by atoms with Crippen LogP contribution in [-0.4, -0.2) is 23.3 Å². The van der Waals surface area contributed by atoms with Crippen molar-refractivity contribution in [3.05, 3.63) is 63.7 Å². The van der Waals surface area contributed by atoms with Crippen LogP contribution in [0, 0.1) is 16.0 Å². The maximum Gasteiger partial charge on any atom is 0.316 e. The summed E-state index contributed by atoms with van der Waals surface area (Å²) in [6.45, 7) is 0.199. The number of benzene rings is 2. The van der Waals surface area contributed by atoms with Crippen molar-refractivity contribution >= 4 is 34.9 Å². The molecule has 1 atom stereocenters. The molecule has 1 aliphatic rings. The van der Waals surface area contributed by atoms with Crippen LogP contribution in [0.1, 0.15) is 6.42 Å². The molecule has 0 bridgehead atoms. The number of hydrogen-bond acceptors (Lipinski definition) is 5. The van der Waals surface area contributed by atoms with Crippen LogP contribution in [0.5, 0.6) is 5.75 Å². The molecule has 1 amide bonds. The highest BCUT2D eigenvalue weighted by molar-refractivity contribution is 6.30. The number of hydrogen-bond donors (Lipinski definition) is 0. The number of amides is 1. The Morgan fingerprint density at radius 2 is 1.96 bits per heavy atom. The van der Waals surface area contributed by atoms with Crippen LogP contribution in [-0.2, 0) is 9.59 Å². The number of nitro groups is 1. The smallest absolute Gasteiger partial charge is 0.316 e. The van der Waals surface area contributed by atoms with Crippen LogP contribution in [0.15, 0.2) is 48.5 Å². The van der Waals surface area contributed by atoms with E-state index >= 15 is 0 Å². The van der Waals surface area contributed by atoms with Gasteiger partial charge in [0.25, 0.3) is 5.69 Å². The Kier molecular flexibility index (Phi) is 4.67. The molecule has 0 spiro atoms. The predicted octanol–water partition coefficient (Wildman–Crippen LogP) is 3.21. The largest absolute Gasteiger partial charge is 0.426 e. The maximum absolute atomic E-state index is 12.3. The number of non-ortho nitro benzene ring substituents is 1. The van der Waals surface area contributed by atoms with E-state index in [2.05, 4.69) is 0 Å². The zero-order valence-electron chi connectivity index (χ0n) is 12.9. The number of esters is 1. The molecular formula is C17H13ClN2O5. The maximum atomic E-state index is 12.3. The Bertz CT molecular complexity index is 837. The second-order valence-corrected chi connectivity index (χ2v) is 5.99. The van der Waals surface area contributed by atoms with Crippen LogP contribution in [0.3, 0.4) is 0 Å². The van der Waals surface area contributed by atoms with Crippen molar-refractivity contribution in [3.63, 3.8) is 0 Å². The van der Waals surface area contributed by atoms with Crippen LogP contribution in [0.25, 0.3) is 0 Å². The summed E-state index contributed by atoms with van der Waals surface area (Å²) >= 11 is 5.93. The lowest BCUT2D eigenvalue weighted by atomic mass is 10.1. The van der Waals surface area contributed by atoms with Gasteiger partial charge in [0.1, 0.15) is 5.75 Å². The van der Waals surface area contributed by atoms with Crippen LogP contribution < -0.4 is 9.64 Å². The predicted molar refractivity (Wildman–Crippen MR) is 90.6 cm³/mol. The summed E-state index contributed by atoms with van der Waals surface area (Å²) in [7, 11) is 0. The van der Waals surface area contributed by atoms with E-state index in [1.54, 1.807) is 24.3 Å². The number of halogens is 1. The van der Waals surface area contributed by atoms with Crippen molar-refractivity contribution in [2.24, 2.45) is 5.92 Å². The molecule has 0 saturated carbocycles. The third kappa shape index (κ3) is 3.77. The van der Waals surface area contributed by atoms with Crippen molar-refractivity contribution < 1.29 is 19.2 Å². The van der Waals surface area contributed by atoms with Gasteiger partial charge in [0.15, 0.2) is 0 Å². The van der Waals surface area contributed by atoms with Crippen molar-refractivity contribution in [2.45, 2.75) is 6.42 Å². The van der Waals surface area contributed by atoms with Crippen molar-refractivity contribution in [2.75, 3.05) is 11.4 Å². The van der Waals surface area contributed by atoms with Gasteiger partial charge in [-0.15, -0.1) is 0 Å². The van der Waals surface area contributed by atoms with Gasteiger partial charge in [-0.25, -0.2) is 0 Å². The van der Waals surface area contributed by atoms with Gasteiger partial charge >= 0.3 is 5.97 Å². The quantitative estimate of drug-likeness (QED) is 0.361. The van der Waals surface area contributed by atoms with E-state index in [4.69, 9.17) is 16.3 Å². The highest BCUT2D eigenvalue weighted by Gasteiger charge is 2.36. The average molecular weight is 361 g/mol. The summed E-state index contributed by atoms with van der Waals surface area (Å²) in [5.74, 6) is -1.15. The lowest BCUT2D eigenvalue weighted by Gasteiger charge is -2.16. The van der Waals surface area contributed by atoms with Gasteiger partial charge in [0, 0.05) is 35.8 Å². The first kappa shape index (κ1) is 16.9. The van der Waals surface area contributed by atoms with Crippen molar-refractivity contribution in [3.8, 4) is 5.75 Å². The van der Waals surface area contributed by atoms with E-state index in [1.165, 1.54) is 29.2 Å². The van der Waals surface area contributed by atoms with Crippen LogP contribution in [0.2, 0.25) is 5.02 Å². The van der Waals surface area contributed by atoms with E-state index in [1.807, 2.05) is 0 Å². The van der Waals surface area contributed by atoms with E-state index in [0.29, 0.717) is 10.7 Å². The monoisotopic (exact) mass is 360 g/mol. The van der Waals surface area contributed by atoms with Gasteiger partial charge in [-0.1, -0.05) is 17.7 Å². The van der Waals surface area contributed by atoms with Crippen LogP contribution in [0.4, 0.5) is 11.4 Å². The molecule has 8 heteroatoms. The van der Waals surface area contributed by atoms with Crippen molar-refractivity contribution in [1.82, 2.24) is 0 Å². The van der Waals surface area contributed by atoms with Gasteiger partial charge in [0.05, 0.1) is 10.8 Å². The van der Waals surface area contributed by atoms with E-state index in [9.17, 15) is 19.7 Å². The molecule has 2 aromatic rings. The Hall–Kier alpha value is -2.93. The molecule has 0 radical (unpaired) electrons. The molecule has 3 rings (SSSR count). The second kappa shape index (κ2) is 6.90. The molecule has 1 saturated heterocycles. The zero-order valence-corrected chi connectivity index (χ0v) is 13.7. The molecule has 0 aliphatic carbocycles. The highest BCUT2D eigenvalue weighted by Crippen LogP contribution is 2.28. The number of ether oxygens (including phenoxy) is 1. The minimum absolute atomic E-state index is 0.0400. The average Bonchev–Trinajstić information content (AvgIpc) is 2.97. The van der Waals surface area contributed by atoms with Crippen molar-refractivity contribution in [1.29, 1.82) is 0 Å². The SMILES string of the molecule is O=C(Oc1ccc([N+](=O)[O-])cc1)[C@H]1CC(=O)N(c2cccc(Cl)c2)C1. The molecule has 0 aromatic heterocycles. The van der Waals surface area contributed by atoms with Gasteiger partial charge in [-0.3, -0.25) is 19.7 Å². The fourth-order valence-corrected chi connectivity index (χ4v) is 2.78. The summed E-state index contributed by atoms with van der Waals surface area (Å²) in [5, 5.41) is 11.1. The fourth-order valence-electron chi connectivity index (χ4n) is 2.59. The van der Waals surface area contributed by atoms with Gasteiger partial charge in [-0.05, 0) is 30.3 Å². The molecule has 0 unspecified atom stereocenters. The summed E-state index contributed by atoms with van der Waals surface area (Å²) in [6.07, 6.45) is 0.0400. The zero-order chi connectivity index (χ0) is 18.0. The second-order valence-electron chi connectivity index (χ2n) is 5.56. The number of carbonyl (C=O) groups excluding carboxylic acids is 2. The topological polar surface area (TPSA) is 89.7 Å². The number of carbonyl (C=O) groups is 2. The highest BCUT2D eigenvalue weighted by atomic mass is 35.5. The molecule has 128 valence electrons. The number of nitrogens with zero attached hydrogens (tertiary/aromatic N) is 2. The fraction of sp³-hybridized carbons (Fsp3) is 0.176. The van der Waals surface area contributed by atoms with Crippen LogP contribution >= 0.6 is 11.6 Å². The number of anilines is 1. The first-order valence-corrected chi connectivity index (χ1v) is 7.84. The molecule has 25 heavy (non-hydrogen) atoms. The molecule has 1 heterocycles. The van der Waals surface area contributed by atoms with Gasteiger partial charge in [-0.2, -0.15) is 0 Å². The molecular weight excluding hydrogens is 348 g/mol. The molecule has 7 nitrogen and oxygen atoms in total. The van der Waals surface area contributed by atoms with Gasteiger partial charge in [0.2, 0.25) is 5.91 Å². The molecule has 2 aromatic carbocycles. The first-order valence-electron chi connectivity index (χ1n) is 7.46. The number of rotatable bonds is 4. The Morgan fingerprint density at radius 3 is 2.60 bits per heavy atom. The van der Waals surface area contributed by atoms with E-state index < -0.39 is 16.8 Å². The minimum atomic E-state index is -0.610. The Morgan fingerprint density at radius 1 is 1.24 bits per heavy atom. The normalized spacial score (nSPS) is 16.8. The first-order chi connectivity index (χ1) is 11.9.